The number of hydrogen-bond acceptors (Lipinski definition) is 2. The minimum Gasteiger partial charge on any atom is -0.313 e. The van der Waals surface area contributed by atoms with E-state index in [-0.39, 0.29) is 0 Å². The minimum atomic E-state index is 0.783. The Kier molecular flexibility index (Phi) is 5.18. The number of thioether (sulfide) groups is 1. The van der Waals surface area contributed by atoms with Crippen LogP contribution in [-0.2, 0) is 0 Å². The molecule has 0 aromatic carbocycles. The summed E-state index contributed by atoms with van der Waals surface area (Å²) in [6.07, 6.45) is 4.00. The second kappa shape index (κ2) is 5.92. The van der Waals surface area contributed by atoms with E-state index < -0.39 is 0 Å². The lowest BCUT2D eigenvalue weighted by molar-refractivity contribution is 0.406. The van der Waals surface area contributed by atoms with Crippen LogP contribution in [0, 0.1) is 5.92 Å². The molecule has 0 saturated carbocycles. The molecule has 0 amide bonds. The van der Waals surface area contributed by atoms with Gasteiger partial charge in [0.05, 0.1) is 0 Å². The lowest BCUT2D eigenvalue weighted by atomic mass is 10.0. The standard InChI is InChI=1S/C11H23NS/c1-4-10(5-2)8-12-11-6-7-13-9(11)3/h9-12H,4-8H2,1-3H3. The maximum atomic E-state index is 3.71. The Bertz CT molecular complexity index is 134. The Morgan fingerprint density at radius 1 is 1.38 bits per heavy atom. The first-order valence-electron chi connectivity index (χ1n) is 5.62. The predicted octanol–water partition coefficient (Wildman–Crippen LogP) is 2.91. The summed E-state index contributed by atoms with van der Waals surface area (Å²) in [7, 11) is 0. The topological polar surface area (TPSA) is 12.0 Å². The molecule has 13 heavy (non-hydrogen) atoms. The first-order valence-corrected chi connectivity index (χ1v) is 6.67. The van der Waals surface area contributed by atoms with Gasteiger partial charge in [-0.15, -0.1) is 0 Å². The summed E-state index contributed by atoms with van der Waals surface area (Å²) in [4.78, 5) is 0. The van der Waals surface area contributed by atoms with Crippen LogP contribution in [0.1, 0.15) is 40.0 Å². The van der Waals surface area contributed by atoms with E-state index >= 15 is 0 Å². The molecule has 0 spiro atoms. The molecule has 0 aromatic heterocycles. The van der Waals surface area contributed by atoms with Crippen LogP contribution in [0.2, 0.25) is 0 Å². The Morgan fingerprint density at radius 2 is 2.08 bits per heavy atom. The second-order valence-electron chi connectivity index (χ2n) is 4.06. The van der Waals surface area contributed by atoms with Crippen LogP contribution in [-0.4, -0.2) is 23.6 Å². The average Bonchev–Trinajstić information content (AvgIpc) is 2.54. The van der Waals surface area contributed by atoms with Crippen molar-refractivity contribution >= 4 is 11.8 Å². The predicted molar refractivity (Wildman–Crippen MR) is 62.4 cm³/mol. The molecule has 1 aliphatic rings. The van der Waals surface area contributed by atoms with Gasteiger partial charge in [-0.2, -0.15) is 11.8 Å². The molecule has 0 aliphatic carbocycles. The smallest absolute Gasteiger partial charge is 0.0191 e. The highest BCUT2D eigenvalue weighted by Gasteiger charge is 2.23. The van der Waals surface area contributed by atoms with Crippen molar-refractivity contribution in [3.8, 4) is 0 Å². The van der Waals surface area contributed by atoms with Crippen LogP contribution < -0.4 is 5.32 Å². The zero-order valence-electron chi connectivity index (χ0n) is 9.18. The Morgan fingerprint density at radius 3 is 2.54 bits per heavy atom. The van der Waals surface area contributed by atoms with E-state index in [9.17, 15) is 0 Å². The fourth-order valence-corrected chi connectivity index (χ4v) is 3.12. The summed E-state index contributed by atoms with van der Waals surface area (Å²) in [5.74, 6) is 2.24. The van der Waals surface area contributed by atoms with Crippen molar-refractivity contribution in [3.05, 3.63) is 0 Å². The van der Waals surface area contributed by atoms with Gasteiger partial charge in [-0.3, -0.25) is 0 Å². The van der Waals surface area contributed by atoms with Crippen LogP contribution in [0.3, 0.4) is 0 Å². The van der Waals surface area contributed by atoms with Crippen LogP contribution in [0.4, 0.5) is 0 Å². The Hall–Kier alpha value is 0.310. The van der Waals surface area contributed by atoms with E-state index in [0.717, 1.165) is 17.2 Å². The van der Waals surface area contributed by atoms with E-state index in [4.69, 9.17) is 0 Å². The molecule has 1 saturated heterocycles. The van der Waals surface area contributed by atoms with E-state index in [1.54, 1.807) is 0 Å². The molecule has 78 valence electrons. The molecule has 0 aromatic rings. The fourth-order valence-electron chi connectivity index (χ4n) is 1.90. The zero-order valence-corrected chi connectivity index (χ0v) is 9.99. The molecule has 1 fully saturated rings. The summed E-state index contributed by atoms with van der Waals surface area (Å²) in [5.41, 5.74) is 0. The van der Waals surface area contributed by atoms with Crippen LogP contribution in [0.25, 0.3) is 0 Å². The molecule has 0 radical (unpaired) electrons. The highest BCUT2D eigenvalue weighted by molar-refractivity contribution is 8.00. The first-order chi connectivity index (χ1) is 6.27. The van der Waals surface area contributed by atoms with Gasteiger partial charge >= 0.3 is 0 Å². The molecule has 1 heterocycles. The maximum Gasteiger partial charge on any atom is 0.0191 e. The maximum absolute atomic E-state index is 3.71. The molecular weight excluding hydrogens is 178 g/mol. The first kappa shape index (κ1) is 11.4. The van der Waals surface area contributed by atoms with Crippen molar-refractivity contribution in [1.82, 2.24) is 5.32 Å². The fraction of sp³-hybridized carbons (Fsp3) is 1.00. The van der Waals surface area contributed by atoms with Crippen molar-refractivity contribution in [1.29, 1.82) is 0 Å². The lowest BCUT2D eigenvalue weighted by Crippen LogP contribution is -2.36. The largest absolute Gasteiger partial charge is 0.313 e. The molecule has 1 nitrogen and oxygen atoms in total. The Balaban J connectivity index is 2.17. The van der Waals surface area contributed by atoms with Gasteiger partial charge in [-0.1, -0.05) is 33.6 Å². The highest BCUT2D eigenvalue weighted by Crippen LogP contribution is 2.26. The molecular formula is C11H23NS. The van der Waals surface area contributed by atoms with Gasteiger partial charge < -0.3 is 5.32 Å². The van der Waals surface area contributed by atoms with E-state index in [2.05, 4.69) is 37.8 Å². The Labute approximate surface area is 87.1 Å². The summed E-state index contributed by atoms with van der Waals surface area (Å²) in [6.45, 7) is 8.16. The number of rotatable bonds is 5. The van der Waals surface area contributed by atoms with Crippen molar-refractivity contribution in [2.24, 2.45) is 5.92 Å². The molecule has 2 unspecified atom stereocenters. The summed E-state index contributed by atoms with van der Waals surface area (Å²) in [6, 6.07) is 0.783. The monoisotopic (exact) mass is 201 g/mol. The third-order valence-electron chi connectivity index (χ3n) is 3.20. The van der Waals surface area contributed by atoms with Crippen molar-refractivity contribution in [3.63, 3.8) is 0 Å². The van der Waals surface area contributed by atoms with Crippen LogP contribution in [0.5, 0.6) is 0 Å². The van der Waals surface area contributed by atoms with Crippen molar-refractivity contribution in [2.45, 2.75) is 51.3 Å². The van der Waals surface area contributed by atoms with Gasteiger partial charge in [0, 0.05) is 11.3 Å². The quantitative estimate of drug-likeness (QED) is 0.734. The third kappa shape index (κ3) is 3.51. The second-order valence-corrected chi connectivity index (χ2v) is 5.55. The number of hydrogen-bond donors (Lipinski definition) is 1. The molecule has 1 aliphatic heterocycles. The summed E-state index contributed by atoms with van der Waals surface area (Å²) in [5, 5.41) is 4.54. The van der Waals surface area contributed by atoms with Crippen LogP contribution in [0.15, 0.2) is 0 Å². The molecule has 2 atom stereocenters. The molecule has 1 rings (SSSR count). The molecule has 2 heteroatoms. The van der Waals surface area contributed by atoms with Gasteiger partial charge in [-0.05, 0) is 24.6 Å². The molecule has 1 N–H and O–H groups in total. The van der Waals surface area contributed by atoms with Gasteiger partial charge in [-0.25, -0.2) is 0 Å². The van der Waals surface area contributed by atoms with Gasteiger partial charge in [0.2, 0.25) is 0 Å². The van der Waals surface area contributed by atoms with E-state index in [1.165, 1.54) is 31.6 Å². The third-order valence-corrected chi connectivity index (χ3v) is 4.53. The van der Waals surface area contributed by atoms with Gasteiger partial charge in [0.15, 0.2) is 0 Å². The number of nitrogens with one attached hydrogen (secondary N) is 1. The van der Waals surface area contributed by atoms with Gasteiger partial charge in [0.25, 0.3) is 0 Å². The lowest BCUT2D eigenvalue weighted by Gasteiger charge is -2.20. The van der Waals surface area contributed by atoms with E-state index in [0.29, 0.717) is 0 Å². The van der Waals surface area contributed by atoms with E-state index in [1.807, 2.05) is 0 Å². The normalized spacial score (nSPS) is 28.6. The average molecular weight is 201 g/mol. The summed E-state index contributed by atoms with van der Waals surface area (Å²) < 4.78 is 0. The zero-order chi connectivity index (χ0) is 9.68. The van der Waals surface area contributed by atoms with Crippen LogP contribution >= 0.6 is 11.8 Å². The van der Waals surface area contributed by atoms with Crippen molar-refractivity contribution in [2.75, 3.05) is 12.3 Å². The van der Waals surface area contributed by atoms with Crippen molar-refractivity contribution < 1.29 is 0 Å². The highest BCUT2D eigenvalue weighted by atomic mass is 32.2. The summed E-state index contributed by atoms with van der Waals surface area (Å²) >= 11 is 2.11. The van der Waals surface area contributed by atoms with Gasteiger partial charge in [0.1, 0.15) is 0 Å². The molecule has 0 bridgehead atoms. The SMILES string of the molecule is CCC(CC)CNC1CCSC1C. The minimum absolute atomic E-state index is 0.783.